The van der Waals surface area contributed by atoms with Gasteiger partial charge in [0.05, 0.1) is 6.61 Å². The molecule has 1 aromatic rings. The first-order chi connectivity index (χ1) is 7.81. The van der Waals surface area contributed by atoms with Gasteiger partial charge < -0.3 is 5.11 Å². The zero-order valence-corrected chi connectivity index (χ0v) is 9.40. The molecule has 1 N–H and O–H groups in total. The number of benzene rings is 1. The van der Waals surface area contributed by atoms with Crippen molar-refractivity contribution in [2.45, 2.75) is 31.8 Å². The molecule has 0 radical (unpaired) electrons. The highest BCUT2D eigenvalue weighted by molar-refractivity contribution is 5.17. The van der Waals surface area contributed by atoms with Crippen LogP contribution in [-0.2, 0) is 6.54 Å². The highest BCUT2D eigenvalue weighted by atomic mass is 19.1. The van der Waals surface area contributed by atoms with E-state index in [1.807, 2.05) is 12.1 Å². The Morgan fingerprint density at radius 3 is 2.88 bits per heavy atom. The fraction of sp³-hybridized carbons (Fsp3) is 0.538. The molecule has 16 heavy (non-hydrogen) atoms. The maximum Gasteiger partial charge on any atom is 0.127 e. The molecule has 0 amide bonds. The second-order valence-corrected chi connectivity index (χ2v) is 4.39. The van der Waals surface area contributed by atoms with Crippen molar-refractivity contribution in [1.82, 2.24) is 4.90 Å². The molecular formula is C13H18FNO. The van der Waals surface area contributed by atoms with Gasteiger partial charge in [-0.2, -0.15) is 0 Å². The molecule has 2 rings (SSSR count). The first-order valence-electron chi connectivity index (χ1n) is 5.89. The quantitative estimate of drug-likeness (QED) is 0.849. The van der Waals surface area contributed by atoms with E-state index in [1.54, 1.807) is 6.07 Å². The molecule has 1 heterocycles. The van der Waals surface area contributed by atoms with Gasteiger partial charge in [0.15, 0.2) is 0 Å². The predicted molar refractivity (Wildman–Crippen MR) is 61.5 cm³/mol. The summed E-state index contributed by atoms with van der Waals surface area (Å²) in [6.07, 6.45) is 3.33. The summed E-state index contributed by atoms with van der Waals surface area (Å²) in [6, 6.07) is 7.08. The normalized spacial score (nSPS) is 22.2. The minimum Gasteiger partial charge on any atom is -0.395 e. The molecule has 2 nitrogen and oxygen atoms in total. The number of piperidine rings is 1. The lowest BCUT2D eigenvalue weighted by molar-refractivity contribution is 0.0832. The summed E-state index contributed by atoms with van der Waals surface area (Å²) in [6.45, 7) is 1.74. The number of nitrogens with zero attached hydrogens (tertiary/aromatic N) is 1. The molecule has 3 heteroatoms. The fourth-order valence-electron chi connectivity index (χ4n) is 2.32. The van der Waals surface area contributed by atoms with E-state index in [4.69, 9.17) is 0 Å². The maximum atomic E-state index is 13.5. The fourth-order valence-corrected chi connectivity index (χ4v) is 2.32. The van der Waals surface area contributed by atoms with E-state index in [-0.39, 0.29) is 18.5 Å². The minimum absolute atomic E-state index is 0.148. The summed E-state index contributed by atoms with van der Waals surface area (Å²) in [7, 11) is 0. The van der Waals surface area contributed by atoms with E-state index >= 15 is 0 Å². The van der Waals surface area contributed by atoms with E-state index in [9.17, 15) is 9.50 Å². The first kappa shape index (κ1) is 11.6. The second-order valence-electron chi connectivity index (χ2n) is 4.39. The van der Waals surface area contributed by atoms with E-state index in [2.05, 4.69) is 4.90 Å². The zero-order chi connectivity index (χ0) is 11.4. The van der Waals surface area contributed by atoms with Crippen LogP contribution in [0, 0.1) is 5.82 Å². The van der Waals surface area contributed by atoms with Crippen molar-refractivity contribution < 1.29 is 9.50 Å². The van der Waals surface area contributed by atoms with Crippen LogP contribution in [-0.4, -0.2) is 29.2 Å². The standard InChI is InChI=1S/C13H18FNO/c14-13-7-2-1-5-11(13)9-15-8-4-3-6-12(15)10-16/h1-2,5,7,12,16H,3-4,6,8-10H2/t12-/m0/s1. The summed E-state index contributed by atoms with van der Waals surface area (Å²) in [5, 5.41) is 9.27. The summed E-state index contributed by atoms with van der Waals surface area (Å²) >= 11 is 0. The lowest BCUT2D eigenvalue weighted by atomic mass is 10.0. The smallest absolute Gasteiger partial charge is 0.127 e. The van der Waals surface area contributed by atoms with Crippen molar-refractivity contribution in [2.24, 2.45) is 0 Å². The summed E-state index contributed by atoms with van der Waals surface area (Å²) in [5.41, 5.74) is 0.725. The van der Waals surface area contributed by atoms with Gasteiger partial charge in [-0.3, -0.25) is 4.90 Å². The Morgan fingerprint density at radius 2 is 2.12 bits per heavy atom. The first-order valence-corrected chi connectivity index (χ1v) is 5.89. The van der Waals surface area contributed by atoms with Gasteiger partial charge in [-0.25, -0.2) is 4.39 Å². The minimum atomic E-state index is -0.148. The molecule has 1 aliphatic rings. The highest BCUT2D eigenvalue weighted by Crippen LogP contribution is 2.20. The van der Waals surface area contributed by atoms with Crippen molar-refractivity contribution in [3.05, 3.63) is 35.6 Å². The number of likely N-dealkylation sites (tertiary alicyclic amines) is 1. The summed E-state index contributed by atoms with van der Waals surface area (Å²) in [4.78, 5) is 2.18. The second kappa shape index (κ2) is 5.41. The van der Waals surface area contributed by atoms with Crippen LogP contribution in [0.3, 0.4) is 0 Å². The molecular weight excluding hydrogens is 205 g/mol. The molecule has 0 aliphatic carbocycles. The Kier molecular flexibility index (Phi) is 3.91. The molecule has 0 bridgehead atoms. The molecule has 1 aromatic carbocycles. The van der Waals surface area contributed by atoms with E-state index < -0.39 is 0 Å². The SMILES string of the molecule is OC[C@@H]1CCCCN1Cc1ccccc1F. The third-order valence-corrected chi connectivity index (χ3v) is 3.29. The van der Waals surface area contributed by atoms with Crippen LogP contribution in [0.2, 0.25) is 0 Å². The van der Waals surface area contributed by atoms with E-state index in [0.29, 0.717) is 6.54 Å². The Balaban J connectivity index is 2.05. The molecule has 0 spiro atoms. The van der Waals surface area contributed by atoms with Crippen LogP contribution in [0.5, 0.6) is 0 Å². The van der Waals surface area contributed by atoms with Crippen molar-refractivity contribution in [2.75, 3.05) is 13.2 Å². The predicted octanol–water partition coefficient (Wildman–Crippen LogP) is 2.17. The molecule has 1 aliphatic heterocycles. The lowest BCUT2D eigenvalue weighted by Gasteiger charge is -2.34. The molecule has 0 unspecified atom stereocenters. The van der Waals surface area contributed by atoms with Gasteiger partial charge in [0, 0.05) is 18.2 Å². The van der Waals surface area contributed by atoms with Crippen LogP contribution in [0.1, 0.15) is 24.8 Å². The molecule has 1 atom stereocenters. The third-order valence-electron chi connectivity index (χ3n) is 3.29. The van der Waals surface area contributed by atoms with E-state index in [1.165, 1.54) is 12.5 Å². The van der Waals surface area contributed by atoms with Crippen LogP contribution in [0.15, 0.2) is 24.3 Å². The molecule has 0 saturated carbocycles. The average Bonchev–Trinajstić information content (AvgIpc) is 2.33. The van der Waals surface area contributed by atoms with Crippen molar-refractivity contribution in [3.63, 3.8) is 0 Å². The van der Waals surface area contributed by atoms with Crippen LogP contribution < -0.4 is 0 Å². The number of aliphatic hydroxyl groups is 1. The number of hydrogen-bond acceptors (Lipinski definition) is 2. The molecule has 88 valence electrons. The topological polar surface area (TPSA) is 23.5 Å². The summed E-state index contributed by atoms with van der Waals surface area (Å²) in [5.74, 6) is -0.148. The maximum absolute atomic E-state index is 13.5. The monoisotopic (exact) mass is 223 g/mol. The Bertz CT molecular complexity index is 342. The Morgan fingerprint density at radius 1 is 1.31 bits per heavy atom. The Labute approximate surface area is 95.7 Å². The van der Waals surface area contributed by atoms with Gasteiger partial charge in [-0.05, 0) is 25.5 Å². The number of hydrogen-bond donors (Lipinski definition) is 1. The lowest BCUT2D eigenvalue weighted by Crippen LogP contribution is -2.41. The zero-order valence-electron chi connectivity index (χ0n) is 9.40. The van der Waals surface area contributed by atoms with Crippen molar-refractivity contribution >= 4 is 0 Å². The Hall–Kier alpha value is -0.930. The van der Waals surface area contributed by atoms with Crippen molar-refractivity contribution in [1.29, 1.82) is 0 Å². The van der Waals surface area contributed by atoms with Crippen LogP contribution in [0.25, 0.3) is 0 Å². The average molecular weight is 223 g/mol. The van der Waals surface area contributed by atoms with Gasteiger partial charge >= 0.3 is 0 Å². The van der Waals surface area contributed by atoms with Gasteiger partial charge in [-0.15, -0.1) is 0 Å². The molecule has 1 fully saturated rings. The van der Waals surface area contributed by atoms with Gasteiger partial charge in [0.2, 0.25) is 0 Å². The highest BCUT2D eigenvalue weighted by Gasteiger charge is 2.22. The van der Waals surface area contributed by atoms with E-state index in [0.717, 1.165) is 24.9 Å². The number of rotatable bonds is 3. The largest absolute Gasteiger partial charge is 0.395 e. The molecule has 0 aromatic heterocycles. The number of aliphatic hydroxyl groups excluding tert-OH is 1. The third kappa shape index (κ3) is 2.60. The number of halogens is 1. The van der Waals surface area contributed by atoms with Gasteiger partial charge in [0.1, 0.15) is 5.82 Å². The summed E-state index contributed by atoms with van der Waals surface area (Å²) < 4.78 is 13.5. The molecule has 1 saturated heterocycles. The van der Waals surface area contributed by atoms with Gasteiger partial charge in [0.25, 0.3) is 0 Å². The van der Waals surface area contributed by atoms with Crippen LogP contribution in [0.4, 0.5) is 4.39 Å². The van der Waals surface area contributed by atoms with Crippen LogP contribution >= 0.6 is 0 Å². The van der Waals surface area contributed by atoms with Gasteiger partial charge in [-0.1, -0.05) is 24.6 Å². The van der Waals surface area contributed by atoms with Crippen molar-refractivity contribution in [3.8, 4) is 0 Å².